The third kappa shape index (κ3) is 6.42. The van der Waals surface area contributed by atoms with E-state index in [1.54, 1.807) is 4.90 Å². The standard InChI is InChI=1S/C13H24N2O4/c1-13(2,3)19-12(18)15-7-5-10(9-15)8-14-6-4-11(16)17/h10,14H,4-9H2,1-3H3,(H,16,17). The van der Waals surface area contributed by atoms with Crippen LogP contribution in [0.5, 0.6) is 0 Å². The Morgan fingerprint density at radius 1 is 1.42 bits per heavy atom. The molecule has 0 spiro atoms. The van der Waals surface area contributed by atoms with E-state index in [9.17, 15) is 9.59 Å². The second kappa shape index (κ2) is 6.75. The van der Waals surface area contributed by atoms with Gasteiger partial charge in [-0.3, -0.25) is 4.79 Å². The fraction of sp³-hybridized carbons (Fsp3) is 0.846. The smallest absolute Gasteiger partial charge is 0.410 e. The number of carbonyl (C=O) groups excluding carboxylic acids is 1. The molecule has 1 fully saturated rings. The van der Waals surface area contributed by atoms with Gasteiger partial charge in [0, 0.05) is 19.6 Å². The summed E-state index contributed by atoms with van der Waals surface area (Å²) in [5, 5.41) is 11.6. The van der Waals surface area contributed by atoms with E-state index in [4.69, 9.17) is 9.84 Å². The zero-order chi connectivity index (χ0) is 14.5. The van der Waals surface area contributed by atoms with Crippen molar-refractivity contribution in [1.29, 1.82) is 0 Å². The second-order valence-electron chi connectivity index (χ2n) is 5.93. The monoisotopic (exact) mass is 272 g/mol. The van der Waals surface area contributed by atoms with Gasteiger partial charge in [0.1, 0.15) is 5.60 Å². The Morgan fingerprint density at radius 3 is 2.68 bits per heavy atom. The molecule has 0 aromatic carbocycles. The van der Waals surface area contributed by atoms with Crippen LogP contribution in [0.3, 0.4) is 0 Å². The molecule has 1 saturated heterocycles. The van der Waals surface area contributed by atoms with Crippen LogP contribution in [0, 0.1) is 5.92 Å². The number of nitrogens with one attached hydrogen (secondary N) is 1. The van der Waals surface area contributed by atoms with Gasteiger partial charge in [0.15, 0.2) is 0 Å². The van der Waals surface area contributed by atoms with Gasteiger partial charge in [-0.2, -0.15) is 0 Å². The van der Waals surface area contributed by atoms with Crippen LogP contribution in [0.1, 0.15) is 33.6 Å². The van der Waals surface area contributed by atoms with Crippen molar-refractivity contribution in [3.63, 3.8) is 0 Å². The molecule has 1 unspecified atom stereocenters. The molecule has 2 N–H and O–H groups in total. The average Bonchev–Trinajstić information content (AvgIpc) is 2.70. The van der Waals surface area contributed by atoms with E-state index in [0.717, 1.165) is 13.0 Å². The van der Waals surface area contributed by atoms with Crippen LogP contribution in [0.4, 0.5) is 4.79 Å². The highest BCUT2D eigenvalue weighted by Gasteiger charge is 2.29. The van der Waals surface area contributed by atoms with Crippen molar-refractivity contribution in [3.8, 4) is 0 Å². The zero-order valence-corrected chi connectivity index (χ0v) is 11.9. The molecule has 6 heteroatoms. The minimum atomic E-state index is -0.797. The average molecular weight is 272 g/mol. The maximum atomic E-state index is 11.8. The van der Waals surface area contributed by atoms with Gasteiger partial charge in [0.05, 0.1) is 6.42 Å². The first-order chi connectivity index (χ1) is 8.78. The van der Waals surface area contributed by atoms with Gasteiger partial charge in [-0.05, 0) is 39.7 Å². The first-order valence-corrected chi connectivity index (χ1v) is 6.68. The Labute approximate surface area is 114 Å². The van der Waals surface area contributed by atoms with Gasteiger partial charge < -0.3 is 20.1 Å². The van der Waals surface area contributed by atoms with Crippen molar-refractivity contribution in [2.75, 3.05) is 26.2 Å². The number of carboxylic acid groups (broad SMARTS) is 1. The normalized spacial score (nSPS) is 19.5. The molecule has 1 aliphatic heterocycles. The molecule has 0 aliphatic carbocycles. The molecule has 0 saturated carbocycles. The number of amides is 1. The highest BCUT2D eigenvalue weighted by molar-refractivity contribution is 5.68. The predicted octanol–water partition coefficient (Wildman–Crippen LogP) is 1.31. The largest absolute Gasteiger partial charge is 0.481 e. The van der Waals surface area contributed by atoms with Gasteiger partial charge in [0.25, 0.3) is 0 Å². The van der Waals surface area contributed by atoms with Gasteiger partial charge in [0.2, 0.25) is 0 Å². The predicted molar refractivity (Wildman–Crippen MR) is 71.0 cm³/mol. The summed E-state index contributed by atoms with van der Waals surface area (Å²) in [5.74, 6) is -0.421. The van der Waals surface area contributed by atoms with Crippen molar-refractivity contribution in [3.05, 3.63) is 0 Å². The van der Waals surface area contributed by atoms with Crippen LogP contribution in [0.15, 0.2) is 0 Å². The lowest BCUT2D eigenvalue weighted by Gasteiger charge is -2.24. The number of aliphatic carboxylic acids is 1. The van der Waals surface area contributed by atoms with Crippen LogP contribution in [0.25, 0.3) is 0 Å². The summed E-state index contributed by atoms with van der Waals surface area (Å²) < 4.78 is 5.32. The van der Waals surface area contributed by atoms with E-state index >= 15 is 0 Å². The Balaban J connectivity index is 2.22. The fourth-order valence-electron chi connectivity index (χ4n) is 1.99. The van der Waals surface area contributed by atoms with E-state index in [2.05, 4.69) is 5.32 Å². The van der Waals surface area contributed by atoms with Crippen molar-refractivity contribution in [2.45, 2.75) is 39.2 Å². The van der Waals surface area contributed by atoms with Crippen LogP contribution >= 0.6 is 0 Å². The zero-order valence-electron chi connectivity index (χ0n) is 11.9. The molecule has 1 heterocycles. The highest BCUT2D eigenvalue weighted by Crippen LogP contribution is 2.18. The van der Waals surface area contributed by atoms with E-state index in [1.165, 1.54) is 0 Å². The number of ether oxygens (including phenoxy) is 1. The fourth-order valence-corrected chi connectivity index (χ4v) is 1.99. The molecular weight excluding hydrogens is 248 g/mol. The summed E-state index contributed by atoms with van der Waals surface area (Å²) in [6.45, 7) is 8.16. The third-order valence-electron chi connectivity index (χ3n) is 2.89. The molecule has 110 valence electrons. The summed E-state index contributed by atoms with van der Waals surface area (Å²) in [5.41, 5.74) is -0.463. The maximum absolute atomic E-state index is 11.8. The number of nitrogens with zero attached hydrogens (tertiary/aromatic N) is 1. The van der Waals surface area contributed by atoms with Crippen molar-refractivity contribution >= 4 is 12.1 Å². The van der Waals surface area contributed by atoms with E-state index < -0.39 is 11.6 Å². The summed E-state index contributed by atoms with van der Waals surface area (Å²) in [6, 6.07) is 0. The molecule has 0 aromatic heterocycles. The minimum absolute atomic E-state index is 0.127. The van der Waals surface area contributed by atoms with Crippen LogP contribution in [0.2, 0.25) is 0 Å². The summed E-state index contributed by atoms with van der Waals surface area (Å²) >= 11 is 0. The first-order valence-electron chi connectivity index (χ1n) is 6.68. The first kappa shape index (κ1) is 15.8. The molecule has 6 nitrogen and oxygen atoms in total. The molecule has 1 rings (SSSR count). The van der Waals surface area contributed by atoms with Gasteiger partial charge in [-0.25, -0.2) is 4.79 Å². The molecule has 0 bridgehead atoms. The molecule has 1 amide bonds. The Bertz CT molecular complexity index is 325. The molecule has 19 heavy (non-hydrogen) atoms. The van der Waals surface area contributed by atoms with E-state index in [-0.39, 0.29) is 12.5 Å². The van der Waals surface area contributed by atoms with Crippen molar-refractivity contribution in [1.82, 2.24) is 10.2 Å². The van der Waals surface area contributed by atoms with Crippen molar-refractivity contribution in [2.24, 2.45) is 5.92 Å². The highest BCUT2D eigenvalue weighted by atomic mass is 16.6. The summed E-state index contributed by atoms with van der Waals surface area (Å²) in [7, 11) is 0. The van der Waals surface area contributed by atoms with Gasteiger partial charge in [-0.15, -0.1) is 0 Å². The maximum Gasteiger partial charge on any atom is 0.410 e. The number of carboxylic acids is 1. The molecule has 1 aliphatic rings. The molecule has 0 radical (unpaired) electrons. The molecule has 0 aromatic rings. The Hall–Kier alpha value is -1.30. The van der Waals surface area contributed by atoms with E-state index in [0.29, 0.717) is 25.6 Å². The summed E-state index contributed by atoms with van der Waals surface area (Å²) in [4.78, 5) is 23.9. The Kier molecular flexibility index (Phi) is 5.60. The third-order valence-corrected chi connectivity index (χ3v) is 2.89. The van der Waals surface area contributed by atoms with E-state index in [1.807, 2.05) is 20.8 Å². The Morgan fingerprint density at radius 2 is 2.11 bits per heavy atom. The van der Waals surface area contributed by atoms with Crippen LogP contribution in [-0.4, -0.2) is 53.8 Å². The molecule has 1 atom stereocenters. The SMILES string of the molecule is CC(C)(C)OC(=O)N1CCC(CNCCC(=O)O)C1. The number of hydrogen-bond acceptors (Lipinski definition) is 4. The number of hydrogen-bond donors (Lipinski definition) is 2. The minimum Gasteiger partial charge on any atom is -0.481 e. The number of carbonyl (C=O) groups is 2. The van der Waals surface area contributed by atoms with Crippen molar-refractivity contribution < 1.29 is 19.4 Å². The summed E-state index contributed by atoms with van der Waals surface area (Å²) in [6.07, 6.45) is 0.794. The van der Waals surface area contributed by atoms with Gasteiger partial charge >= 0.3 is 12.1 Å². The van der Waals surface area contributed by atoms with Crippen LogP contribution in [-0.2, 0) is 9.53 Å². The van der Waals surface area contributed by atoms with Crippen LogP contribution < -0.4 is 5.32 Å². The lowest BCUT2D eigenvalue weighted by molar-refractivity contribution is -0.136. The lowest BCUT2D eigenvalue weighted by Crippen LogP contribution is -2.36. The quantitative estimate of drug-likeness (QED) is 0.738. The number of likely N-dealkylation sites (tertiary alicyclic amines) is 1. The molecular formula is C13H24N2O4. The second-order valence-corrected chi connectivity index (χ2v) is 5.93. The number of rotatable bonds is 5. The lowest BCUT2D eigenvalue weighted by atomic mass is 10.1. The van der Waals surface area contributed by atoms with Gasteiger partial charge in [-0.1, -0.05) is 0 Å². The topological polar surface area (TPSA) is 78.9 Å².